The van der Waals surface area contributed by atoms with Gasteiger partial charge in [0.05, 0.1) is 9.85 Å². The van der Waals surface area contributed by atoms with Gasteiger partial charge in [-0.3, -0.25) is 20.2 Å². The molecule has 0 unspecified atom stereocenters. The van der Waals surface area contributed by atoms with E-state index in [-0.39, 0.29) is 10.6 Å². The van der Waals surface area contributed by atoms with Crippen molar-refractivity contribution in [2.24, 2.45) is 5.73 Å². The maximum Gasteiger partial charge on any atom is 0.304 e. The summed E-state index contributed by atoms with van der Waals surface area (Å²) in [5.74, 6) is -0.799. The first-order valence-electron chi connectivity index (χ1n) is 9.45. The molecule has 0 bridgehead atoms. The Morgan fingerprint density at radius 3 is 1.74 bits per heavy atom. The molecule has 172 valence electrons. The van der Waals surface area contributed by atoms with Crippen molar-refractivity contribution in [3.63, 3.8) is 0 Å². The van der Waals surface area contributed by atoms with Gasteiger partial charge in [-0.25, -0.2) is 0 Å². The van der Waals surface area contributed by atoms with E-state index in [4.69, 9.17) is 5.73 Å². The van der Waals surface area contributed by atoms with Crippen LogP contribution in [0.15, 0.2) is 48.5 Å². The smallest absolute Gasteiger partial charge is 0.304 e. The summed E-state index contributed by atoms with van der Waals surface area (Å²) in [6.07, 6.45) is 0. The number of anilines is 1. The topological polar surface area (TPSA) is 131 Å². The summed E-state index contributed by atoms with van der Waals surface area (Å²) < 4.78 is 12.4. The largest absolute Gasteiger partial charge is 0.378 e. The first kappa shape index (κ1) is 27.8. The highest BCUT2D eigenvalue weighted by atomic mass is 19.1. The molecule has 31 heavy (non-hydrogen) atoms. The molecule has 0 atom stereocenters. The lowest BCUT2D eigenvalue weighted by Gasteiger charge is -2.11. The quantitative estimate of drug-likeness (QED) is 0.475. The number of likely N-dealkylation sites (N-methyl/N-ethyl adjacent to an activating group) is 2. The zero-order valence-corrected chi connectivity index (χ0v) is 18.3. The van der Waals surface area contributed by atoms with Crippen molar-refractivity contribution in [1.82, 2.24) is 9.80 Å². The molecule has 0 aromatic heterocycles. The third-order valence-electron chi connectivity index (χ3n) is 3.60. The van der Waals surface area contributed by atoms with Crippen molar-refractivity contribution in [2.45, 2.75) is 0 Å². The molecule has 3 N–H and O–H groups in total. The zero-order valence-electron chi connectivity index (χ0n) is 18.3. The average molecular weight is 439 g/mol. The van der Waals surface area contributed by atoms with Crippen molar-refractivity contribution in [3.05, 3.63) is 74.6 Å². The van der Waals surface area contributed by atoms with Crippen molar-refractivity contribution in [3.8, 4) is 0 Å². The number of benzene rings is 2. The van der Waals surface area contributed by atoms with E-state index in [0.29, 0.717) is 12.2 Å². The molecule has 11 heteroatoms. The van der Waals surface area contributed by atoms with E-state index in [2.05, 4.69) is 10.2 Å². The first-order chi connectivity index (χ1) is 14.6. The number of nitrogens with zero attached hydrogens (tertiary/aromatic N) is 4. The number of para-hydroxylation sites is 3. The molecule has 0 saturated carbocycles. The van der Waals surface area contributed by atoms with Crippen LogP contribution in [0, 0.1) is 26.0 Å². The molecule has 0 aliphatic carbocycles. The summed E-state index contributed by atoms with van der Waals surface area (Å²) in [5, 5.41) is 23.7. The SMILES string of the molecule is CN(C)CCN.CN(C)CCNc1ccccc1[N+](=O)[O-].O=[N+]([O-])c1ccccc1F. The third-order valence-corrected chi connectivity index (χ3v) is 3.60. The van der Waals surface area contributed by atoms with Gasteiger partial charge < -0.3 is 20.9 Å². The van der Waals surface area contributed by atoms with Gasteiger partial charge in [-0.1, -0.05) is 24.3 Å². The van der Waals surface area contributed by atoms with E-state index in [1.807, 2.05) is 33.1 Å². The average Bonchev–Trinajstić information content (AvgIpc) is 2.69. The molecule has 0 spiro atoms. The number of halogens is 1. The number of nitro benzene ring substituents is 2. The first-order valence-corrected chi connectivity index (χ1v) is 9.45. The minimum absolute atomic E-state index is 0.122. The number of hydrogen-bond donors (Lipinski definition) is 2. The maximum absolute atomic E-state index is 12.4. The highest BCUT2D eigenvalue weighted by Crippen LogP contribution is 2.22. The Morgan fingerprint density at radius 2 is 1.35 bits per heavy atom. The molecule has 0 aliphatic rings. The van der Waals surface area contributed by atoms with E-state index in [0.717, 1.165) is 31.8 Å². The van der Waals surface area contributed by atoms with Crippen LogP contribution in [0.5, 0.6) is 0 Å². The summed E-state index contributed by atoms with van der Waals surface area (Å²) in [5.41, 5.74) is 5.40. The Bertz CT molecular complexity index is 805. The molecule has 0 radical (unpaired) electrons. The molecule has 0 heterocycles. The van der Waals surface area contributed by atoms with Gasteiger partial charge in [0.2, 0.25) is 5.82 Å². The minimum atomic E-state index is -0.799. The van der Waals surface area contributed by atoms with Gasteiger partial charge in [-0.05, 0) is 40.3 Å². The molecule has 0 saturated heterocycles. The molecule has 0 amide bonds. The molecular weight excluding hydrogens is 407 g/mol. The minimum Gasteiger partial charge on any atom is -0.378 e. The number of nitrogens with two attached hydrogens (primary N) is 1. The summed E-state index contributed by atoms with van der Waals surface area (Å²) in [7, 11) is 7.93. The fourth-order valence-corrected chi connectivity index (χ4v) is 2.05. The molecule has 2 rings (SSSR count). The second-order valence-electron chi connectivity index (χ2n) is 6.80. The van der Waals surface area contributed by atoms with E-state index < -0.39 is 16.4 Å². The second kappa shape index (κ2) is 15.7. The van der Waals surface area contributed by atoms with Crippen molar-refractivity contribution < 1.29 is 14.2 Å². The monoisotopic (exact) mass is 438 g/mol. The van der Waals surface area contributed by atoms with E-state index in [1.54, 1.807) is 18.2 Å². The van der Waals surface area contributed by atoms with Crippen LogP contribution in [0.1, 0.15) is 0 Å². The summed E-state index contributed by atoms with van der Waals surface area (Å²) in [6.45, 7) is 3.27. The lowest BCUT2D eigenvalue weighted by molar-refractivity contribution is -0.387. The van der Waals surface area contributed by atoms with E-state index >= 15 is 0 Å². The highest BCUT2D eigenvalue weighted by molar-refractivity contribution is 5.61. The van der Waals surface area contributed by atoms with E-state index in [1.165, 1.54) is 18.2 Å². The lowest BCUT2D eigenvalue weighted by Crippen LogP contribution is -2.21. The number of rotatable bonds is 8. The summed E-state index contributed by atoms with van der Waals surface area (Å²) in [6, 6.07) is 11.7. The molecule has 0 aliphatic heterocycles. The fraction of sp³-hybridized carbons (Fsp3) is 0.400. The van der Waals surface area contributed by atoms with Gasteiger partial charge in [-0.2, -0.15) is 4.39 Å². The molecule has 10 nitrogen and oxygen atoms in total. The van der Waals surface area contributed by atoms with Gasteiger partial charge in [0, 0.05) is 38.3 Å². The van der Waals surface area contributed by atoms with Crippen molar-refractivity contribution in [1.29, 1.82) is 0 Å². The Kier molecular flexibility index (Phi) is 14.1. The van der Waals surface area contributed by atoms with Gasteiger partial charge in [0.1, 0.15) is 5.69 Å². The maximum atomic E-state index is 12.4. The Hall–Kier alpha value is -3.15. The van der Waals surface area contributed by atoms with Crippen molar-refractivity contribution >= 4 is 17.1 Å². The molecule has 2 aromatic rings. The fourth-order valence-electron chi connectivity index (χ4n) is 2.05. The van der Waals surface area contributed by atoms with Gasteiger partial charge >= 0.3 is 5.69 Å². The molecule has 2 aromatic carbocycles. The Balaban J connectivity index is 0.000000484. The summed E-state index contributed by atoms with van der Waals surface area (Å²) in [4.78, 5) is 23.6. The van der Waals surface area contributed by atoms with Crippen LogP contribution in [0.3, 0.4) is 0 Å². The van der Waals surface area contributed by atoms with Gasteiger partial charge in [-0.15, -0.1) is 0 Å². The van der Waals surface area contributed by atoms with Crippen LogP contribution in [-0.4, -0.2) is 74.0 Å². The second-order valence-corrected chi connectivity index (χ2v) is 6.80. The third kappa shape index (κ3) is 12.9. The lowest BCUT2D eigenvalue weighted by atomic mass is 10.2. The van der Waals surface area contributed by atoms with Crippen LogP contribution >= 0.6 is 0 Å². The Labute approximate surface area is 181 Å². The van der Waals surface area contributed by atoms with Crippen LogP contribution in [0.25, 0.3) is 0 Å². The Morgan fingerprint density at radius 1 is 0.871 bits per heavy atom. The standard InChI is InChI=1S/C10H15N3O2.C6H4FNO2.C4H12N2/c1-12(2)8-7-11-9-5-3-4-6-10(9)13(14)15;7-5-3-1-2-4-6(5)8(9)10;1-6(2)4-3-5/h3-6,11H,7-8H2,1-2H3;1-4H;3-5H2,1-2H3. The molecule has 0 fully saturated rings. The number of nitro groups is 2. The van der Waals surface area contributed by atoms with Crippen LogP contribution in [0.2, 0.25) is 0 Å². The van der Waals surface area contributed by atoms with Crippen LogP contribution < -0.4 is 11.1 Å². The summed E-state index contributed by atoms with van der Waals surface area (Å²) >= 11 is 0. The number of nitrogens with one attached hydrogen (secondary N) is 1. The predicted octanol–water partition coefficient (Wildman–Crippen LogP) is 2.81. The van der Waals surface area contributed by atoms with Crippen LogP contribution in [-0.2, 0) is 0 Å². The zero-order chi connectivity index (χ0) is 23.8. The number of hydrogen-bond acceptors (Lipinski definition) is 8. The van der Waals surface area contributed by atoms with Gasteiger partial charge in [0.25, 0.3) is 5.69 Å². The highest BCUT2D eigenvalue weighted by Gasteiger charge is 2.11. The van der Waals surface area contributed by atoms with E-state index in [9.17, 15) is 24.6 Å². The normalized spacial score (nSPS) is 9.94. The predicted molar refractivity (Wildman–Crippen MR) is 121 cm³/mol. The molecular formula is C20H31FN6O4. The van der Waals surface area contributed by atoms with Crippen molar-refractivity contribution in [2.75, 3.05) is 59.7 Å². The van der Waals surface area contributed by atoms with Crippen LogP contribution in [0.4, 0.5) is 21.5 Å². The van der Waals surface area contributed by atoms with Gasteiger partial charge in [0.15, 0.2) is 0 Å².